The van der Waals surface area contributed by atoms with E-state index in [1.807, 2.05) is 13.8 Å². The van der Waals surface area contributed by atoms with E-state index in [1.165, 1.54) is 6.20 Å². The van der Waals surface area contributed by atoms with Gasteiger partial charge in [0.1, 0.15) is 5.82 Å². The Morgan fingerprint density at radius 1 is 1.69 bits per heavy atom. The molecule has 88 valence electrons. The molecule has 6 heteroatoms. The first-order chi connectivity index (χ1) is 7.49. The summed E-state index contributed by atoms with van der Waals surface area (Å²) in [5.74, 6) is 0.918. The lowest BCUT2D eigenvalue weighted by molar-refractivity contribution is 0.723. The predicted octanol–water partition coefficient (Wildman–Crippen LogP) is -0.109. The summed E-state index contributed by atoms with van der Waals surface area (Å²) >= 11 is 0. The number of aliphatic imine (C=N–C) groups is 1. The molecule has 4 N–H and O–H groups in total. The summed E-state index contributed by atoms with van der Waals surface area (Å²) in [5, 5.41) is 2.94. The van der Waals surface area contributed by atoms with E-state index in [-0.39, 0.29) is 18.1 Å². The van der Waals surface area contributed by atoms with Gasteiger partial charge >= 0.3 is 0 Å². The smallest absolute Gasteiger partial charge is 0.255 e. The monoisotopic (exact) mass is 223 g/mol. The Labute approximate surface area is 94.0 Å². The first-order valence-corrected chi connectivity index (χ1v) is 5.10. The molecule has 1 heterocycles. The van der Waals surface area contributed by atoms with Crippen LogP contribution in [0.5, 0.6) is 0 Å². The van der Waals surface area contributed by atoms with Gasteiger partial charge < -0.3 is 16.0 Å². The summed E-state index contributed by atoms with van der Waals surface area (Å²) in [6.07, 6.45) is 1.51. The summed E-state index contributed by atoms with van der Waals surface area (Å²) < 4.78 is 0. The van der Waals surface area contributed by atoms with Crippen LogP contribution in [-0.4, -0.2) is 22.0 Å². The molecule has 0 aliphatic carbocycles. The van der Waals surface area contributed by atoms with Crippen molar-refractivity contribution in [2.24, 2.45) is 10.7 Å². The molecule has 0 spiro atoms. The minimum atomic E-state index is -0.173. The summed E-state index contributed by atoms with van der Waals surface area (Å²) in [7, 11) is 0. The number of nitrogens with zero attached hydrogens (tertiary/aromatic N) is 2. The van der Waals surface area contributed by atoms with Crippen molar-refractivity contribution in [3.05, 3.63) is 27.9 Å². The molecule has 0 amide bonds. The summed E-state index contributed by atoms with van der Waals surface area (Å²) in [5.41, 5.74) is 5.94. The minimum absolute atomic E-state index is 0.173. The number of H-pyrrole nitrogens is 1. The zero-order chi connectivity index (χ0) is 12.1. The second-order valence-electron chi connectivity index (χ2n) is 3.82. The van der Waals surface area contributed by atoms with Gasteiger partial charge in [0.05, 0.1) is 12.1 Å². The van der Waals surface area contributed by atoms with E-state index >= 15 is 0 Å². The van der Waals surface area contributed by atoms with Crippen molar-refractivity contribution in [1.29, 1.82) is 0 Å². The Hall–Kier alpha value is -1.85. The highest BCUT2D eigenvalue weighted by Crippen LogP contribution is 1.91. The van der Waals surface area contributed by atoms with Crippen LogP contribution >= 0.6 is 0 Å². The second-order valence-corrected chi connectivity index (χ2v) is 3.82. The maximum Gasteiger partial charge on any atom is 0.255 e. The molecule has 0 saturated carbocycles. The lowest BCUT2D eigenvalue weighted by atomic mass is 10.3. The Bertz CT molecular complexity index is 435. The molecule has 0 atom stereocenters. The van der Waals surface area contributed by atoms with E-state index in [4.69, 9.17) is 5.73 Å². The third kappa shape index (κ3) is 3.72. The number of aryl methyl sites for hydroxylation is 1. The highest BCUT2D eigenvalue weighted by atomic mass is 16.1. The van der Waals surface area contributed by atoms with Gasteiger partial charge in [0.15, 0.2) is 5.96 Å². The van der Waals surface area contributed by atoms with Crippen LogP contribution < -0.4 is 16.6 Å². The fourth-order valence-corrected chi connectivity index (χ4v) is 1.13. The van der Waals surface area contributed by atoms with Gasteiger partial charge in [-0.15, -0.1) is 0 Å². The van der Waals surface area contributed by atoms with Crippen molar-refractivity contribution < 1.29 is 0 Å². The molecule has 16 heavy (non-hydrogen) atoms. The van der Waals surface area contributed by atoms with Gasteiger partial charge in [-0.3, -0.25) is 4.79 Å². The number of hydrogen-bond donors (Lipinski definition) is 3. The van der Waals surface area contributed by atoms with Crippen molar-refractivity contribution in [3.8, 4) is 0 Å². The van der Waals surface area contributed by atoms with Crippen LogP contribution in [-0.2, 0) is 6.54 Å². The Morgan fingerprint density at radius 2 is 2.38 bits per heavy atom. The van der Waals surface area contributed by atoms with Crippen LogP contribution in [0.15, 0.2) is 16.0 Å². The van der Waals surface area contributed by atoms with Gasteiger partial charge in [0.25, 0.3) is 5.56 Å². The van der Waals surface area contributed by atoms with Gasteiger partial charge in [-0.2, -0.15) is 0 Å². The molecule has 0 saturated heterocycles. The Balaban J connectivity index is 2.71. The van der Waals surface area contributed by atoms with Gasteiger partial charge in [-0.1, -0.05) is 0 Å². The molecule has 0 radical (unpaired) electrons. The summed E-state index contributed by atoms with van der Waals surface area (Å²) in [4.78, 5) is 22.1. The Kier molecular flexibility index (Phi) is 4.04. The predicted molar refractivity (Wildman–Crippen MR) is 63.2 cm³/mol. The van der Waals surface area contributed by atoms with E-state index < -0.39 is 0 Å². The van der Waals surface area contributed by atoms with Crippen molar-refractivity contribution in [2.75, 3.05) is 0 Å². The lowest BCUT2D eigenvalue weighted by Crippen LogP contribution is -2.36. The first kappa shape index (κ1) is 12.2. The van der Waals surface area contributed by atoms with Crippen LogP contribution in [0.3, 0.4) is 0 Å². The van der Waals surface area contributed by atoms with E-state index in [9.17, 15) is 4.79 Å². The number of aromatic amines is 1. The number of rotatable bonds is 3. The minimum Gasteiger partial charge on any atom is -0.370 e. The Morgan fingerprint density at radius 3 is 2.94 bits per heavy atom. The van der Waals surface area contributed by atoms with Gasteiger partial charge in [0, 0.05) is 12.2 Å². The SMILES string of the molecule is Cc1ncc(CN=C(N)NC(C)C)c(=O)[nH]1. The third-order valence-electron chi connectivity index (χ3n) is 1.86. The van der Waals surface area contributed by atoms with Crippen molar-refractivity contribution in [2.45, 2.75) is 33.4 Å². The molecule has 1 aromatic rings. The lowest BCUT2D eigenvalue weighted by Gasteiger charge is -2.08. The molecule has 0 fully saturated rings. The van der Waals surface area contributed by atoms with Crippen LogP contribution in [0.2, 0.25) is 0 Å². The molecule has 0 aliphatic rings. The van der Waals surface area contributed by atoms with Crippen molar-refractivity contribution >= 4 is 5.96 Å². The summed E-state index contributed by atoms with van der Waals surface area (Å²) in [6, 6.07) is 0.221. The fourth-order valence-electron chi connectivity index (χ4n) is 1.13. The van der Waals surface area contributed by atoms with Crippen LogP contribution in [0.25, 0.3) is 0 Å². The first-order valence-electron chi connectivity index (χ1n) is 5.10. The zero-order valence-corrected chi connectivity index (χ0v) is 9.74. The van der Waals surface area contributed by atoms with E-state index in [1.54, 1.807) is 6.92 Å². The normalized spacial score (nSPS) is 11.9. The molecular weight excluding hydrogens is 206 g/mol. The maximum absolute atomic E-state index is 11.4. The van der Waals surface area contributed by atoms with E-state index in [2.05, 4.69) is 20.3 Å². The quantitative estimate of drug-likeness (QED) is 0.492. The molecule has 0 aliphatic heterocycles. The average molecular weight is 223 g/mol. The highest BCUT2D eigenvalue weighted by molar-refractivity contribution is 5.78. The second kappa shape index (κ2) is 5.29. The van der Waals surface area contributed by atoms with Gasteiger partial charge in [-0.25, -0.2) is 9.98 Å². The number of aromatic nitrogens is 2. The number of nitrogens with two attached hydrogens (primary N) is 1. The van der Waals surface area contributed by atoms with Gasteiger partial charge in [-0.05, 0) is 20.8 Å². The standard InChI is InChI=1S/C10H17N5O/c1-6(2)14-10(11)13-5-8-4-12-7(3)15-9(8)16/h4,6H,5H2,1-3H3,(H3,11,13,14)(H,12,15,16). The average Bonchev–Trinajstić information content (AvgIpc) is 2.15. The highest BCUT2D eigenvalue weighted by Gasteiger charge is 2.00. The molecule has 1 aromatic heterocycles. The topological polar surface area (TPSA) is 96.2 Å². The van der Waals surface area contributed by atoms with Crippen molar-refractivity contribution in [3.63, 3.8) is 0 Å². The van der Waals surface area contributed by atoms with Crippen LogP contribution in [0.1, 0.15) is 25.2 Å². The zero-order valence-electron chi connectivity index (χ0n) is 9.74. The number of guanidine groups is 1. The van der Waals surface area contributed by atoms with E-state index in [0.29, 0.717) is 17.3 Å². The van der Waals surface area contributed by atoms with Crippen molar-refractivity contribution in [1.82, 2.24) is 15.3 Å². The van der Waals surface area contributed by atoms with Crippen LogP contribution in [0.4, 0.5) is 0 Å². The molecule has 0 unspecified atom stereocenters. The molecule has 6 nitrogen and oxygen atoms in total. The molecule has 0 bridgehead atoms. The number of nitrogens with one attached hydrogen (secondary N) is 2. The third-order valence-corrected chi connectivity index (χ3v) is 1.86. The largest absolute Gasteiger partial charge is 0.370 e. The van der Waals surface area contributed by atoms with E-state index in [0.717, 1.165) is 0 Å². The van der Waals surface area contributed by atoms with Gasteiger partial charge in [0.2, 0.25) is 0 Å². The maximum atomic E-state index is 11.4. The molecule has 1 rings (SSSR count). The molecular formula is C10H17N5O. The number of hydrogen-bond acceptors (Lipinski definition) is 3. The fraction of sp³-hybridized carbons (Fsp3) is 0.500. The van der Waals surface area contributed by atoms with Crippen LogP contribution in [0, 0.1) is 6.92 Å². The molecule has 0 aromatic carbocycles. The summed E-state index contributed by atoms with van der Waals surface area (Å²) in [6.45, 7) is 5.88.